The molecule has 0 saturated carbocycles. The summed E-state index contributed by atoms with van der Waals surface area (Å²) in [5.41, 5.74) is 7.25. The van der Waals surface area contributed by atoms with E-state index in [1.807, 2.05) is 54.6 Å². The summed E-state index contributed by atoms with van der Waals surface area (Å²) in [6, 6.07) is 20.0. The Labute approximate surface area is 211 Å². The molecular weight excluding hydrogens is 490 g/mol. The number of unbranched alkanes of at least 4 members (excludes halogenated alkanes) is 1. The highest BCUT2D eigenvalue weighted by atomic mass is 79.9. The summed E-state index contributed by atoms with van der Waals surface area (Å²) >= 11 is 3.51. The standard InChI is InChI=1S/C28H34BrN3O2/c1-21(2)28(20-30,23-11-4-3-5-12-23)16-7-6-15-26(33)32(17-9-14-25(32)27(31)34)19-22-10-8-13-24(29)18-22/h3-5,8,10-13,18,21,25H,6-7,9,14-17,19H2,1-2H3,(H-,31,34)/p+1/t25?,28-,32+/m0/s1. The van der Waals surface area contributed by atoms with Crippen molar-refractivity contribution < 1.29 is 14.1 Å². The smallest absolute Gasteiger partial charge is 0.314 e. The van der Waals surface area contributed by atoms with Gasteiger partial charge in [-0.15, -0.1) is 0 Å². The average molecular weight is 526 g/mol. The fourth-order valence-corrected chi connectivity index (χ4v) is 5.99. The Hall–Kier alpha value is -2.49. The molecule has 180 valence electrons. The van der Waals surface area contributed by atoms with Gasteiger partial charge in [0.05, 0.1) is 24.4 Å². The van der Waals surface area contributed by atoms with E-state index < -0.39 is 17.4 Å². The summed E-state index contributed by atoms with van der Waals surface area (Å²) in [7, 11) is 0. The number of primary amides is 1. The lowest BCUT2D eigenvalue weighted by molar-refractivity contribution is -0.871. The van der Waals surface area contributed by atoms with Gasteiger partial charge in [-0.3, -0.25) is 4.79 Å². The third-order valence-electron chi connectivity index (χ3n) is 7.50. The van der Waals surface area contributed by atoms with Crippen molar-refractivity contribution in [1.82, 2.24) is 0 Å². The van der Waals surface area contributed by atoms with E-state index in [9.17, 15) is 14.9 Å². The first-order valence-corrected chi connectivity index (χ1v) is 12.9. The van der Waals surface area contributed by atoms with Crippen molar-refractivity contribution in [1.29, 1.82) is 5.26 Å². The maximum Gasteiger partial charge on any atom is 0.314 e. The van der Waals surface area contributed by atoms with Crippen molar-refractivity contribution in [3.63, 3.8) is 0 Å². The van der Waals surface area contributed by atoms with Gasteiger partial charge in [0.25, 0.3) is 5.91 Å². The third kappa shape index (κ3) is 5.42. The van der Waals surface area contributed by atoms with Gasteiger partial charge in [-0.05, 0) is 36.5 Å². The van der Waals surface area contributed by atoms with Crippen molar-refractivity contribution in [2.75, 3.05) is 6.54 Å². The first kappa shape index (κ1) is 26.1. The summed E-state index contributed by atoms with van der Waals surface area (Å²) in [5, 5.41) is 10.1. The molecule has 2 amide bonds. The van der Waals surface area contributed by atoms with Crippen LogP contribution in [-0.4, -0.2) is 28.9 Å². The zero-order chi connectivity index (χ0) is 24.8. The van der Waals surface area contributed by atoms with Crippen LogP contribution in [0.2, 0.25) is 0 Å². The number of benzene rings is 2. The maximum absolute atomic E-state index is 13.7. The van der Waals surface area contributed by atoms with Crippen molar-refractivity contribution in [3.8, 4) is 6.07 Å². The van der Waals surface area contributed by atoms with Crippen LogP contribution in [0.25, 0.3) is 0 Å². The second-order valence-corrected chi connectivity index (χ2v) is 10.7. The molecule has 1 heterocycles. The van der Waals surface area contributed by atoms with Gasteiger partial charge in [-0.2, -0.15) is 5.26 Å². The fraction of sp³-hybridized carbons (Fsp3) is 0.464. The lowest BCUT2D eigenvalue weighted by Gasteiger charge is -2.36. The molecule has 0 radical (unpaired) electrons. The van der Waals surface area contributed by atoms with Crippen LogP contribution < -0.4 is 5.73 Å². The third-order valence-corrected chi connectivity index (χ3v) is 7.99. The number of halogens is 1. The van der Waals surface area contributed by atoms with Gasteiger partial charge >= 0.3 is 5.91 Å². The van der Waals surface area contributed by atoms with E-state index in [1.54, 1.807) is 0 Å². The molecule has 3 atom stereocenters. The van der Waals surface area contributed by atoms with E-state index in [0.717, 1.165) is 28.4 Å². The molecule has 34 heavy (non-hydrogen) atoms. The van der Waals surface area contributed by atoms with E-state index in [0.29, 0.717) is 38.8 Å². The van der Waals surface area contributed by atoms with Gasteiger partial charge in [0.1, 0.15) is 6.54 Å². The summed E-state index contributed by atoms with van der Waals surface area (Å²) < 4.78 is 1.06. The van der Waals surface area contributed by atoms with Crippen LogP contribution in [0.4, 0.5) is 0 Å². The Kier molecular flexibility index (Phi) is 8.67. The second kappa shape index (κ2) is 11.3. The number of nitriles is 1. The van der Waals surface area contributed by atoms with E-state index in [2.05, 4.69) is 35.8 Å². The topological polar surface area (TPSA) is 83.9 Å². The van der Waals surface area contributed by atoms with Gasteiger partial charge in [-0.1, -0.05) is 78.7 Å². The molecular formula is C28H35BrN3O2+. The van der Waals surface area contributed by atoms with Crippen molar-refractivity contribution in [2.45, 2.75) is 70.4 Å². The largest absolute Gasteiger partial charge is 0.364 e. The molecule has 0 aliphatic carbocycles. The number of nitrogens with zero attached hydrogens (tertiary/aromatic N) is 2. The van der Waals surface area contributed by atoms with Crippen molar-refractivity contribution in [3.05, 3.63) is 70.2 Å². The molecule has 0 bridgehead atoms. The molecule has 1 saturated heterocycles. The minimum absolute atomic E-state index is 0.0769. The average Bonchev–Trinajstić information content (AvgIpc) is 3.24. The Morgan fingerprint density at radius 3 is 2.53 bits per heavy atom. The maximum atomic E-state index is 13.7. The molecule has 0 aromatic heterocycles. The molecule has 1 aliphatic heterocycles. The van der Waals surface area contributed by atoms with Crippen LogP contribution in [0.1, 0.15) is 63.5 Å². The van der Waals surface area contributed by atoms with E-state index in [-0.39, 0.29) is 16.3 Å². The molecule has 1 unspecified atom stereocenters. The second-order valence-electron chi connectivity index (χ2n) is 9.81. The lowest BCUT2D eigenvalue weighted by Crippen LogP contribution is -2.59. The quantitative estimate of drug-likeness (QED) is 0.323. The number of carbonyl (C=O) groups excluding carboxylic acids is 2. The fourth-order valence-electron chi connectivity index (χ4n) is 5.55. The molecule has 0 spiro atoms. The zero-order valence-electron chi connectivity index (χ0n) is 20.2. The Bertz CT molecular complexity index is 1050. The highest BCUT2D eigenvalue weighted by Crippen LogP contribution is 2.38. The van der Waals surface area contributed by atoms with E-state index in [1.165, 1.54) is 0 Å². The number of rotatable bonds is 10. The van der Waals surface area contributed by atoms with Crippen LogP contribution in [0.15, 0.2) is 59.1 Å². The minimum atomic E-state index is -0.573. The van der Waals surface area contributed by atoms with Gasteiger partial charge in [0.2, 0.25) is 0 Å². The van der Waals surface area contributed by atoms with Gasteiger partial charge in [0.15, 0.2) is 6.04 Å². The zero-order valence-corrected chi connectivity index (χ0v) is 21.8. The normalized spacial score (nSPS) is 21.7. The van der Waals surface area contributed by atoms with Gasteiger partial charge in [0, 0.05) is 22.9 Å². The Morgan fingerprint density at radius 1 is 1.18 bits per heavy atom. The predicted molar refractivity (Wildman–Crippen MR) is 137 cm³/mol. The number of amides is 2. The highest BCUT2D eigenvalue weighted by Gasteiger charge is 2.50. The Balaban J connectivity index is 1.74. The van der Waals surface area contributed by atoms with Crippen LogP contribution in [0.5, 0.6) is 0 Å². The summed E-state index contributed by atoms with van der Waals surface area (Å²) in [4.78, 5) is 26.0. The van der Waals surface area contributed by atoms with Crippen LogP contribution in [0, 0.1) is 17.2 Å². The van der Waals surface area contributed by atoms with E-state index >= 15 is 0 Å². The monoisotopic (exact) mass is 524 g/mol. The summed E-state index contributed by atoms with van der Waals surface area (Å²) in [6.45, 7) is 5.28. The molecule has 2 N–H and O–H groups in total. The molecule has 3 rings (SSSR count). The van der Waals surface area contributed by atoms with E-state index in [4.69, 9.17) is 5.73 Å². The number of nitrogens with two attached hydrogens (primary N) is 1. The highest BCUT2D eigenvalue weighted by molar-refractivity contribution is 9.10. The van der Waals surface area contributed by atoms with Gasteiger partial charge < -0.3 is 5.73 Å². The lowest BCUT2D eigenvalue weighted by atomic mass is 9.69. The van der Waals surface area contributed by atoms with Gasteiger partial charge in [-0.25, -0.2) is 9.28 Å². The number of likely N-dealkylation sites (tertiary alicyclic amines) is 1. The summed E-state index contributed by atoms with van der Waals surface area (Å²) in [5.74, 6) is -0.162. The minimum Gasteiger partial charge on any atom is -0.364 e. The molecule has 2 aromatic carbocycles. The number of quaternary nitrogens is 1. The van der Waals surface area contributed by atoms with Crippen molar-refractivity contribution >= 4 is 27.7 Å². The van der Waals surface area contributed by atoms with Crippen LogP contribution >= 0.6 is 15.9 Å². The Morgan fingerprint density at radius 2 is 1.91 bits per heavy atom. The first-order valence-electron chi connectivity index (χ1n) is 12.2. The van der Waals surface area contributed by atoms with Crippen LogP contribution in [0.3, 0.4) is 0 Å². The molecule has 1 fully saturated rings. The van der Waals surface area contributed by atoms with Crippen LogP contribution in [-0.2, 0) is 21.5 Å². The summed E-state index contributed by atoms with van der Waals surface area (Å²) in [6.07, 6.45) is 3.99. The molecule has 1 aliphatic rings. The molecule has 5 nitrogen and oxygen atoms in total. The first-order chi connectivity index (χ1) is 16.2. The number of hydrogen-bond donors (Lipinski definition) is 1. The predicted octanol–water partition coefficient (Wildman–Crippen LogP) is 5.62. The SMILES string of the molecule is CC(C)[C@@](C#N)(CCCCC(=O)[N@@+]1(Cc2cccc(Br)c2)CCCC1C(N)=O)c1ccccc1. The number of hydrogen-bond acceptors (Lipinski definition) is 3. The molecule has 6 heteroatoms. The molecule has 2 aromatic rings. The number of carbonyl (C=O) groups is 2. The van der Waals surface area contributed by atoms with Crippen molar-refractivity contribution in [2.24, 2.45) is 11.7 Å².